The van der Waals surface area contributed by atoms with E-state index in [4.69, 9.17) is 37.0 Å². The summed E-state index contributed by atoms with van der Waals surface area (Å²) < 4.78 is 68.8. The van der Waals surface area contributed by atoms with Crippen molar-refractivity contribution in [2.45, 2.75) is 452 Å². The van der Waals surface area contributed by atoms with E-state index in [2.05, 4.69) is 48.5 Å². The SMILES string of the molecule is CCCCCCCCCCCCCCCCCCCCCC(=O)O[C@H](COC(=O)CCCCCCCCCCCCCCCCCC(C)C)COP(=O)(O)OC[C@@H](O)COP(=O)(O)OC[C@@H](COC(=O)CCCCCCCCC(C)C)OC(=O)CCCCCCCCCCCCCCCC(C)C. The van der Waals surface area contributed by atoms with Crippen LogP contribution in [0.5, 0.6) is 0 Å². The molecule has 0 heterocycles. The topological polar surface area (TPSA) is 237 Å². The van der Waals surface area contributed by atoms with Gasteiger partial charge in [-0.1, -0.05) is 382 Å². The van der Waals surface area contributed by atoms with E-state index in [0.717, 1.165) is 108 Å². The van der Waals surface area contributed by atoms with E-state index < -0.39 is 97.5 Å². The van der Waals surface area contributed by atoms with Crippen LogP contribution in [0, 0.1) is 17.8 Å². The first-order valence-corrected chi connectivity index (χ1v) is 45.8. The summed E-state index contributed by atoms with van der Waals surface area (Å²) in [5.74, 6) is 0.162. The molecule has 606 valence electrons. The Morgan fingerprint density at radius 1 is 0.265 bits per heavy atom. The highest BCUT2D eigenvalue weighted by atomic mass is 31.2. The summed E-state index contributed by atoms with van der Waals surface area (Å²) in [6.45, 7) is 11.9. The van der Waals surface area contributed by atoms with E-state index in [1.54, 1.807) is 0 Å². The van der Waals surface area contributed by atoms with Crippen LogP contribution in [0.25, 0.3) is 0 Å². The maximum atomic E-state index is 13.1. The first-order chi connectivity index (χ1) is 49.2. The van der Waals surface area contributed by atoms with E-state index in [9.17, 15) is 43.2 Å². The van der Waals surface area contributed by atoms with Crippen LogP contribution in [0.2, 0.25) is 0 Å². The number of carbonyl (C=O) groups excluding carboxylic acids is 4. The van der Waals surface area contributed by atoms with Crippen molar-refractivity contribution >= 4 is 39.5 Å². The fourth-order valence-electron chi connectivity index (χ4n) is 12.8. The fraction of sp³-hybridized carbons (Fsp3) is 0.952. The Bertz CT molecular complexity index is 1970. The third-order valence-corrected chi connectivity index (χ3v) is 21.3. The van der Waals surface area contributed by atoms with Crippen LogP contribution < -0.4 is 0 Å². The molecule has 17 nitrogen and oxygen atoms in total. The lowest BCUT2D eigenvalue weighted by atomic mass is 10.0. The van der Waals surface area contributed by atoms with E-state index in [0.29, 0.717) is 31.6 Å². The van der Waals surface area contributed by atoms with Crippen LogP contribution in [-0.2, 0) is 65.4 Å². The van der Waals surface area contributed by atoms with Gasteiger partial charge >= 0.3 is 39.5 Å². The molecule has 0 radical (unpaired) electrons. The molecule has 0 aliphatic carbocycles. The Morgan fingerprint density at radius 2 is 0.451 bits per heavy atom. The number of esters is 4. The first kappa shape index (κ1) is 100. The highest BCUT2D eigenvalue weighted by Crippen LogP contribution is 2.45. The number of ether oxygens (including phenoxy) is 4. The van der Waals surface area contributed by atoms with Crippen molar-refractivity contribution in [3.8, 4) is 0 Å². The van der Waals surface area contributed by atoms with Crippen molar-refractivity contribution in [1.29, 1.82) is 0 Å². The second-order valence-electron chi connectivity index (χ2n) is 31.3. The van der Waals surface area contributed by atoms with Crippen LogP contribution >= 0.6 is 15.6 Å². The maximum absolute atomic E-state index is 13.1. The Morgan fingerprint density at radius 3 is 0.667 bits per heavy atom. The van der Waals surface area contributed by atoms with Crippen molar-refractivity contribution in [2.24, 2.45) is 17.8 Å². The minimum atomic E-state index is -4.96. The van der Waals surface area contributed by atoms with E-state index in [1.807, 2.05) is 0 Å². The van der Waals surface area contributed by atoms with Gasteiger partial charge in [0.2, 0.25) is 0 Å². The molecule has 0 aliphatic rings. The van der Waals surface area contributed by atoms with Gasteiger partial charge in [0.15, 0.2) is 12.2 Å². The van der Waals surface area contributed by atoms with E-state index in [1.165, 1.54) is 238 Å². The van der Waals surface area contributed by atoms with Gasteiger partial charge in [0.1, 0.15) is 19.3 Å². The van der Waals surface area contributed by atoms with Crippen LogP contribution in [0.15, 0.2) is 0 Å². The normalized spacial score (nSPS) is 13.9. The quantitative estimate of drug-likeness (QED) is 0.0222. The Balaban J connectivity index is 5.22. The fourth-order valence-corrected chi connectivity index (χ4v) is 14.4. The van der Waals surface area contributed by atoms with Gasteiger partial charge in [-0.15, -0.1) is 0 Å². The Hall–Kier alpha value is -1.94. The lowest BCUT2D eigenvalue weighted by Crippen LogP contribution is -2.30. The number of phosphoric ester groups is 2. The Kier molecular flexibility index (Phi) is 71.8. The molecule has 0 fully saturated rings. The van der Waals surface area contributed by atoms with Crippen molar-refractivity contribution in [3.05, 3.63) is 0 Å². The smallest absolute Gasteiger partial charge is 0.462 e. The maximum Gasteiger partial charge on any atom is 0.472 e. The summed E-state index contributed by atoms with van der Waals surface area (Å²) in [5, 5.41) is 10.7. The minimum absolute atomic E-state index is 0.106. The van der Waals surface area contributed by atoms with Crippen LogP contribution in [0.4, 0.5) is 0 Å². The van der Waals surface area contributed by atoms with E-state index >= 15 is 0 Å². The average molecular weight is 1490 g/mol. The second kappa shape index (κ2) is 73.2. The van der Waals surface area contributed by atoms with Gasteiger partial charge in [-0.3, -0.25) is 37.3 Å². The van der Waals surface area contributed by atoms with Gasteiger partial charge in [-0.25, -0.2) is 9.13 Å². The molecule has 0 aliphatic heterocycles. The van der Waals surface area contributed by atoms with Crippen LogP contribution in [0.1, 0.15) is 434 Å². The third-order valence-electron chi connectivity index (χ3n) is 19.4. The average Bonchev–Trinajstić information content (AvgIpc) is 1.14. The number of aliphatic hydroxyl groups is 1. The number of hydrogen-bond donors (Lipinski definition) is 3. The summed E-state index contributed by atoms with van der Waals surface area (Å²) in [7, 11) is -9.92. The van der Waals surface area contributed by atoms with Crippen molar-refractivity contribution < 1.29 is 80.2 Å². The van der Waals surface area contributed by atoms with Crippen molar-refractivity contribution in [2.75, 3.05) is 39.6 Å². The molecule has 19 heteroatoms. The molecule has 0 bridgehead atoms. The van der Waals surface area contributed by atoms with Gasteiger partial charge in [-0.05, 0) is 43.4 Å². The molecule has 2 unspecified atom stereocenters. The van der Waals surface area contributed by atoms with Gasteiger partial charge in [0.25, 0.3) is 0 Å². The molecule has 5 atom stereocenters. The molecule has 102 heavy (non-hydrogen) atoms. The van der Waals surface area contributed by atoms with E-state index in [-0.39, 0.29) is 25.7 Å². The molecule has 0 rings (SSSR count). The summed E-state index contributed by atoms with van der Waals surface area (Å²) in [5.41, 5.74) is 0. The highest BCUT2D eigenvalue weighted by molar-refractivity contribution is 7.47. The lowest BCUT2D eigenvalue weighted by Gasteiger charge is -2.21. The molecule has 0 aromatic carbocycles. The predicted octanol–water partition coefficient (Wildman–Crippen LogP) is 24.9. The minimum Gasteiger partial charge on any atom is -0.462 e. The van der Waals surface area contributed by atoms with Gasteiger partial charge in [-0.2, -0.15) is 0 Å². The highest BCUT2D eigenvalue weighted by Gasteiger charge is 2.30. The first-order valence-electron chi connectivity index (χ1n) is 42.8. The zero-order valence-electron chi connectivity index (χ0n) is 67.1. The molecule has 0 aromatic rings. The zero-order chi connectivity index (χ0) is 75.1. The van der Waals surface area contributed by atoms with Crippen LogP contribution in [-0.4, -0.2) is 96.7 Å². The number of aliphatic hydroxyl groups excluding tert-OH is 1. The lowest BCUT2D eigenvalue weighted by molar-refractivity contribution is -0.161. The third kappa shape index (κ3) is 76.3. The number of rotatable bonds is 81. The van der Waals surface area contributed by atoms with Gasteiger partial charge in [0, 0.05) is 25.7 Å². The van der Waals surface area contributed by atoms with Crippen molar-refractivity contribution in [1.82, 2.24) is 0 Å². The summed E-state index contributed by atoms with van der Waals surface area (Å²) in [6, 6.07) is 0. The molecular weight excluding hydrogens is 1330 g/mol. The van der Waals surface area contributed by atoms with Crippen LogP contribution in [0.3, 0.4) is 0 Å². The predicted molar refractivity (Wildman–Crippen MR) is 418 cm³/mol. The molecule has 0 saturated carbocycles. The molecular formula is C83H162O17P2. The standard InChI is InChI=1S/C83H162O17P2/c1-8-9-10-11-12-13-14-15-16-17-18-19-22-28-33-38-43-52-59-66-82(87)99-78(70-93-80(85)64-57-50-42-37-32-27-23-20-21-25-30-35-40-47-54-61-74(2)3)72-97-101(89,90)95-68-77(84)69-96-102(91,92)98-73-79(71-94-81(86)65-58-51-46-45-49-56-63-76(6)7)100-83(88)67-60-53-44-39-34-29-24-26-31-36-41-48-55-62-75(4)5/h74-79,84H,8-73H2,1-7H3,(H,89,90)(H,91,92)/t77-,78-,79-/m1/s1. The molecule has 0 aromatic heterocycles. The second-order valence-corrected chi connectivity index (χ2v) is 34.2. The zero-order valence-corrected chi connectivity index (χ0v) is 68.9. The van der Waals surface area contributed by atoms with Crippen molar-refractivity contribution in [3.63, 3.8) is 0 Å². The number of hydrogen-bond acceptors (Lipinski definition) is 15. The molecule has 0 spiro atoms. The van der Waals surface area contributed by atoms with Gasteiger partial charge in [0.05, 0.1) is 26.4 Å². The summed E-state index contributed by atoms with van der Waals surface area (Å²) in [4.78, 5) is 73.1. The van der Waals surface area contributed by atoms with Gasteiger partial charge < -0.3 is 33.8 Å². The number of carbonyl (C=O) groups is 4. The largest absolute Gasteiger partial charge is 0.472 e. The molecule has 0 amide bonds. The summed E-state index contributed by atoms with van der Waals surface area (Å²) in [6.07, 6.45) is 62.6. The summed E-state index contributed by atoms with van der Waals surface area (Å²) >= 11 is 0. The number of phosphoric acid groups is 2. The molecule has 0 saturated heterocycles. The molecule has 3 N–H and O–H groups in total. The Labute approximate surface area is 626 Å². The monoisotopic (exact) mass is 1490 g/mol. The number of unbranched alkanes of at least 4 members (excludes halogenated alkanes) is 49.